The number of aromatic nitrogens is 1. The van der Waals surface area contributed by atoms with Crippen LogP contribution in [0.1, 0.15) is 6.42 Å². The lowest BCUT2D eigenvalue weighted by molar-refractivity contribution is -0.117. The first-order valence-electron chi connectivity index (χ1n) is 7.04. The molecule has 1 aliphatic heterocycles. The highest BCUT2D eigenvalue weighted by atomic mass is 35.5. The van der Waals surface area contributed by atoms with Crippen LogP contribution in [0, 0.1) is 0 Å². The Morgan fingerprint density at radius 2 is 2.36 bits per heavy atom. The standard InChI is InChI=1S/C15H16ClN3O2S/c16-12-4-2-1-3-11(12)13-9-22-15(18-13)19-14(20)7-10-8-21-6-5-17-10/h1-4,9-10,17H,5-8H2,(H,18,19,20). The van der Waals surface area contributed by atoms with Gasteiger partial charge in [0.15, 0.2) is 5.13 Å². The van der Waals surface area contributed by atoms with Crippen LogP contribution in [0.2, 0.25) is 5.02 Å². The molecule has 0 bridgehead atoms. The largest absolute Gasteiger partial charge is 0.378 e. The summed E-state index contributed by atoms with van der Waals surface area (Å²) in [6.45, 7) is 2.05. The van der Waals surface area contributed by atoms with Crippen molar-refractivity contribution in [1.29, 1.82) is 0 Å². The number of anilines is 1. The van der Waals surface area contributed by atoms with E-state index in [1.165, 1.54) is 11.3 Å². The maximum absolute atomic E-state index is 12.0. The molecule has 1 aromatic heterocycles. The number of nitrogens with zero attached hydrogens (tertiary/aromatic N) is 1. The van der Waals surface area contributed by atoms with Crippen molar-refractivity contribution in [2.45, 2.75) is 12.5 Å². The van der Waals surface area contributed by atoms with Gasteiger partial charge in [0, 0.05) is 35.0 Å². The number of rotatable bonds is 4. The first-order chi connectivity index (χ1) is 10.7. The molecule has 22 heavy (non-hydrogen) atoms. The number of morpholine rings is 1. The SMILES string of the molecule is O=C(CC1COCCN1)Nc1nc(-c2ccccc2Cl)cs1. The van der Waals surface area contributed by atoms with E-state index in [9.17, 15) is 4.79 Å². The number of halogens is 1. The molecule has 1 fully saturated rings. The third-order valence-corrected chi connectivity index (χ3v) is 4.42. The number of hydrogen-bond acceptors (Lipinski definition) is 5. The summed E-state index contributed by atoms with van der Waals surface area (Å²) < 4.78 is 5.34. The fraction of sp³-hybridized carbons (Fsp3) is 0.333. The second-order valence-electron chi connectivity index (χ2n) is 5.00. The highest BCUT2D eigenvalue weighted by Crippen LogP contribution is 2.30. The van der Waals surface area contributed by atoms with E-state index in [4.69, 9.17) is 16.3 Å². The van der Waals surface area contributed by atoms with Crippen LogP contribution in [0.5, 0.6) is 0 Å². The zero-order valence-electron chi connectivity index (χ0n) is 11.8. The van der Waals surface area contributed by atoms with Gasteiger partial charge in [-0.25, -0.2) is 4.98 Å². The Morgan fingerprint density at radius 1 is 1.50 bits per heavy atom. The van der Waals surface area contributed by atoms with E-state index < -0.39 is 0 Å². The average molecular weight is 338 g/mol. The zero-order chi connectivity index (χ0) is 15.4. The van der Waals surface area contributed by atoms with Gasteiger partial charge < -0.3 is 15.4 Å². The summed E-state index contributed by atoms with van der Waals surface area (Å²) in [5.74, 6) is -0.0666. The molecule has 5 nitrogen and oxygen atoms in total. The van der Waals surface area contributed by atoms with E-state index >= 15 is 0 Å². The van der Waals surface area contributed by atoms with Gasteiger partial charge in [-0.2, -0.15) is 0 Å². The molecule has 0 radical (unpaired) electrons. The predicted octanol–water partition coefficient (Wildman–Crippen LogP) is 2.78. The van der Waals surface area contributed by atoms with Crippen LogP contribution in [0.3, 0.4) is 0 Å². The maximum atomic E-state index is 12.0. The minimum absolute atomic E-state index is 0.0664. The molecular weight excluding hydrogens is 322 g/mol. The van der Waals surface area contributed by atoms with Gasteiger partial charge >= 0.3 is 0 Å². The van der Waals surface area contributed by atoms with Crippen molar-refractivity contribution in [3.8, 4) is 11.3 Å². The Morgan fingerprint density at radius 3 is 3.14 bits per heavy atom. The maximum Gasteiger partial charge on any atom is 0.227 e. The fourth-order valence-corrected chi connectivity index (χ4v) is 3.23. The normalized spacial score (nSPS) is 18.1. The molecule has 1 amide bonds. The number of hydrogen-bond donors (Lipinski definition) is 2. The topological polar surface area (TPSA) is 63.2 Å². The molecule has 116 valence electrons. The van der Waals surface area contributed by atoms with Crippen molar-refractivity contribution < 1.29 is 9.53 Å². The third kappa shape index (κ3) is 3.84. The van der Waals surface area contributed by atoms with Crippen molar-refractivity contribution >= 4 is 34.0 Å². The number of carbonyl (C=O) groups excluding carboxylic acids is 1. The summed E-state index contributed by atoms with van der Waals surface area (Å²) in [5.41, 5.74) is 1.63. The molecule has 2 N–H and O–H groups in total. The molecule has 0 spiro atoms. The summed E-state index contributed by atoms with van der Waals surface area (Å²) >= 11 is 7.55. The monoisotopic (exact) mass is 337 g/mol. The highest BCUT2D eigenvalue weighted by Gasteiger charge is 2.18. The quantitative estimate of drug-likeness (QED) is 0.900. The van der Waals surface area contributed by atoms with Crippen LogP contribution in [-0.4, -0.2) is 36.7 Å². The Labute approximate surface area is 137 Å². The van der Waals surface area contributed by atoms with Crippen molar-refractivity contribution in [3.63, 3.8) is 0 Å². The van der Waals surface area contributed by atoms with E-state index in [1.54, 1.807) is 0 Å². The van der Waals surface area contributed by atoms with E-state index in [0.29, 0.717) is 29.8 Å². The highest BCUT2D eigenvalue weighted by molar-refractivity contribution is 7.14. The van der Waals surface area contributed by atoms with Gasteiger partial charge in [0.25, 0.3) is 0 Å². The smallest absolute Gasteiger partial charge is 0.227 e. The van der Waals surface area contributed by atoms with Crippen LogP contribution in [-0.2, 0) is 9.53 Å². The molecule has 1 aromatic carbocycles. The van der Waals surface area contributed by atoms with Crippen molar-refractivity contribution in [2.24, 2.45) is 0 Å². The summed E-state index contributed by atoms with van der Waals surface area (Å²) in [4.78, 5) is 16.5. The summed E-state index contributed by atoms with van der Waals surface area (Å²) in [6, 6.07) is 7.58. The lowest BCUT2D eigenvalue weighted by atomic mass is 10.2. The predicted molar refractivity (Wildman–Crippen MR) is 88.4 cm³/mol. The number of carbonyl (C=O) groups is 1. The Balaban J connectivity index is 1.62. The van der Waals surface area contributed by atoms with E-state index in [-0.39, 0.29) is 11.9 Å². The molecule has 1 atom stereocenters. The van der Waals surface area contributed by atoms with E-state index in [1.807, 2.05) is 29.6 Å². The Kier molecular flexibility index (Phi) is 5.04. The molecule has 0 aliphatic carbocycles. The minimum atomic E-state index is -0.0666. The average Bonchev–Trinajstić information content (AvgIpc) is 2.97. The molecule has 7 heteroatoms. The van der Waals surface area contributed by atoms with Gasteiger partial charge in [-0.15, -0.1) is 11.3 Å². The van der Waals surface area contributed by atoms with Gasteiger partial charge in [0.05, 0.1) is 18.9 Å². The van der Waals surface area contributed by atoms with Crippen molar-refractivity contribution in [3.05, 3.63) is 34.7 Å². The van der Waals surface area contributed by atoms with Crippen LogP contribution in [0.25, 0.3) is 11.3 Å². The number of amides is 1. The Bertz CT molecular complexity index is 656. The van der Waals surface area contributed by atoms with E-state index in [2.05, 4.69) is 15.6 Å². The van der Waals surface area contributed by atoms with Crippen molar-refractivity contribution in [2.75, 3.05) is 25.1 Å². The number of ether oxygens (including phenoxy) is 1. The molecule has 1 saturated heterocycles. The second kappa shape index (κ2) is 7.19. The van der Waals surface area contributed by atoms with Gasteiger partial charge in [-0.3, -0.25) is 4.79 Å². The van der Waals surface area contributed by atoms with Crippen LogP contribution < -0.4 is 10.6 Å². The summed E-state index contributed by atoms with van der Waals surface area (Å²) in [5, 5.41) is 9.20. The molecule has 3 rings (SSSR count). The molecule has 2 heterocycles. The summed E-state index contributed by atoms with van der Waals surface area (Å²) in [7, 11) is 0. The third-order valence-electron chi connectivity index (χ3n) is 3.33. The van der Waals surface area contributed by atoms with Gasteiger partial charge in [0.2, 0.25) is 5.91 Å². The molecule has 1 unspecified atom stereocenters. The van der Waals surface area contributed by atoms with Gasteiger partial charge in [-0.1, -0.05) is 29.8 Å². The summed E-state index contributed by atoms with van der Waals surface area (Å²) in [6.07, 6.45) is 0.376. The molecule has 0 saturated carbocycles. The van der Waals surface area contributed by atoms with Crippen LogP contribution in [0.4, 0.5) is 5.13 Å². The first-order valence-corrected chi connectivity index (χ1v) is 8.29. The van der Waals surface area contributed by atoms with Crippen LogP contribution in [0.15, 0.2) is 29.6 Å². The molecular formula is C15H16ClN3O2S. The second-order valence-corrected chi connectivity index (χ2v) is 6.26. The van der Waals surface area contributed by atoms with Gasteiger partial charge in [-0.05, 0) is 6.07 Å². The first kappa shape index (κ1) is 15.4. The van der Waals surface area contributed by atoms with Crippen molar-refractivity contribution in [1.82, 2.24) is 10.3 Å². The lowest BCUT2D eigenvalue weighted by Gasteiger charge is -2.22. The van der Waals surface area contributed by atoms with Crippen LogP contribution >= 0.6 is 22.9 Å². The number of nitrogens with one attached hydrogen (secondary N) is 2. The number of thiazole rings is 1. The van der Waals surface area contributed by atoms with Gasteiger partial charge in [0.1, 0.15) is 0 Å². The lowest BCUT2D eigenvalue weighted by Crippen LogP contribution is -2.43. The molecule has 1 aliphatic rings. The molecule has 2 aromatic rings. The zero-order valence-corrected chi connectivity index (χ0v) is 13.4. The Hall–Kier alpha value is -1.47. The minimum Gasteiger partial charge on any atom is -0.378 e. The number of benzene rings is 1. The fourth-order valence-electron chi connectivity index (χ4n) is 2.27. The van der Waals surface area contributed by atoms with E-state index in [0.717, 1.165) is 17.8 Å².